The molecule has 0 aliphatic rings. The highest BCUT2D eigenvalue weighted by Gasteiger charge is 2.13. The number of carbonyl (C=O) groups excluding carboxylic acids is 1. The monoisotopic (exact) mass is 398 g/mol. The third kappa shape index (κ3) is 6.38. The van der Waals surface area contributed by atoms with E-state index >= 15 is 0 Å². The average molecular weight is 398 g/mol. The number of allylic oxidation sites excluding steroid dienone is 1. The van der Waals surface area contributed by atoms with Crippen molar-refractivity contribution < 1.29 is 28.9 Å². The van der Waals surface area contributed by atoms with Gasteiger partial charge in [0.2, 0.25) is 0 Å². The van der Waals surface area contributed by atoms with Crippen molar-refractivity contribution in [3.8, 4) is 17.2 Å². The molecular formula is C23H26O6. The number of ketones is 1. The number of benzene rings is 2. The quantitative estimate of drug-likeness (QED) is 0.439. The molecule has 29 heavy (non-hydrogen) atoms. The predicted molar refractivity (Wildman–Crippen MR) is 111 cm³/mol. The number of carboxylic acids is 1. The molecule has 6 heteroatoms. The lowest BCUT2D eigenvalue weighted by atomic mass is 10.1. The molecular weight excluding hydrogens is 372 g/mol. The van der Waals surface area contributed by atoms with Crippen LogP contribution in [0.4, 0.5) is 0 Å². The van der Waals surface area contributed by atoms with Crippen LogP contribution in [-0.2, 0) is 4.79 Å². The Morgan fingerprint density at radius 3 is 2.41 bits per heavy atom. The highest BCUT2D eigenvalue weighted by molar-refractivity contribution is 6.07. The van der Waals surface area contributed by atoms with Crippen LogP contribution < -0.4 is 14.2 Å². The number of para-hydroxylation sites is 1. The highest BCUT2D eigenvalue weighted by Crippen LogP contribution is 2.32. The van der Waals surface area contributed by atoms with Gasteiger partial charge in [-0.15, -0.1) is 0 Å². The van der Waals surface area contributed by atoms with Crippen LogP contribution in [0, 0.1) is 0 Å². The van der Waals surface area contributed by atoms with Gasteiger partial charge < -0.3 is 19.3 Å². The van der Waals surface area contributed by atoms with Crippen molar-refractivity contribution in [2.75, 3.05) is 13.2 Å². The van der Waals surface area contributed by atoms with E-state index in [4.69, 9.17) is 19.3 Å². The second-order valence-electron chi connectivity index (χ2n) is 6.28. The lowest BCUT2D eigenvalue weighted by Gasteiger charge is -2.13. The van der Waals surface area contributed by atoms with Crippen molar-refractivity contribution in [3.63, 3.8) is 0 Å². The van der Waals surface area contributed by atoms with E-state index < -0.39 is 12.1 Å². The first-order chi connectivity index (χ1) is 14.0. The van der Waals surface area contributed by atoms with Crippen LogP contribution in [0.25, 0.3) is 6.08 Å². The summed E-state index contributed by atoms with van der Waals surface area (Å²) >= 11 is 0. The molecule has 1 atom stereocenters. The molecule has 2 aromatic rings. The van der Waals surface area contributed by atoms with Gasteiger partial charge in [-0.3, -0.25) is 4.79 Å². The SMILES string of the molecule is CCCOc1c(/C=C/C(=O)c2ccc(OC(C)C(=O)O)cc2)cccc1OCC. The molecule has 0 amide bonds. The first-order valence-electron chi connectivity index (χ1n) is 9.56. The zero-order valence-corrected chi connectivity index (χ0v) is 16.9. The first-order valence-corrected chi connectivity index (χ1v) is 9.56. The van der Waals surface area contributed by atoms with Crippen molar-refractivity contribution in [2.45, 2.75) is 33.3 Å². The molecule has 0 heterocycles. The molecule has 0 aromatic heterocycles. The van der Waals surface area contributed by atoms with Gasteiger partial charge >= 0.3 is 5.97 Å². The number of aliphatic carboxylic acids is 1. The third-order valence-electron chi connectivity index (χ3n) is 3.97. The minimum atomic E-state index is -1.05. The normalized spacial score (nSPS) is 11.8. The van der Waals surface area contributed by atoms with Gasteiger partial charge in [0.15, 0.2) is 23.4 Å². The van der Waals surface area contributed by atoms with Crippen LogP contribution in [0.15, 0.2) is 48.5 Å². The lowest BCUT2D eigenvalue weighted by molar-refractivity contribution is -0.144. The van der Waals surface area contributed by atoms with Crippen LogP contribution >= 0.6 is 0 Å². The van der Waals surface area contributed by atoms with Crippen molar-refractivity contribution in [1.82, 2.24) is 0 Å². The molecule has 0 radical (unpaired) electrons. The van der Waals surface area contributed by atoms with E-state index in [1.165, 1.54) is 13.0 Å². The summed E-state index contributed by atoms with van der Waals surface area (Å²) in [6.45, 7) is 6.43. The van der Waals surface area contributed by atoms with Gasteiger partial charge in [0, 0.05) is 11.1 Å². The molecule has 0 aliphatic carbocycles. The number of ether oxygens (including phenoxy) is 3. The highest BCUT2D eigenvalue weighted by atomic mass is 16.5. The zero-order chi connectivity index (χ0) is 21.2. The van der Waals surface area contributed by atoms with Gasteiger partial charge in [0.25, 0.3) is 0 Å². The van der Waals surface area contributed by atoms with E-state index in [0.29, 0.717) is 36.0 Å². The topological polar surface area (TPSA) is 82.1 Å². The maximum absolute atomic E-state index is 12.5. The molecule has 0 spiro atoms. The summed E-state index contributed by atoms with van der Waals surface area (Å²) in [6.07, 6.45) is 3.07. The Bertz CT molecular complexity index is 854. The Hall–Kier alpha value is -3.28. The van der Waals surface area contributed by atoms with Gasteiger partial charge in [-0.05, 0) is 62.8 Å². The Morgan fingerprint density at radius 1 is 1.07 bits per heavy atom. The Labute approximate surface area is 170 Å². The van der Waals surface area contributed by atoms with E-state index in [1.807, 2.05) is 32.0 Å². The largest absolute Gasteiger partial charge is 0.490 e. The fourth-order valence-corrected chi connectivity index (χ4v) is 2.51. The summed E-state index contributed by atoms with van der Waals surface area (Å²) < 4.78 is 16.7. The second kappa shape index (κ2) is 10.9. The Morgan fingerprint density at radius 2 is 1.79 bits per heavy atom. The number of rotatable bonds is 11. The third-order valence-corrected chi connectivity index (χ3v) is 3.97. The summed E-state index contributed by atoms with van der Waals surface area (Å²) in [5.74, 6) is 0.408. The van der Waals surface area contributed by atoms with E-state index in [9.17, 15) is 9.59 Å². The molecule has 1 N–H and O–H groups in total. The van der Waals surface area contributed by atoms with Crippen LogP contribution in [0.5, 0.6) is 17.2 Å². The van der Waals surface area contributed by atoms with Crippen molar-refractivity contribution in [2.24, 2.45) is 0 Å². The van der Waals surface area contributed by atoms with Gasteiger partial charge in [-0.1, -0.05) is 19.1 Å². The van der Waals surface area contributed by atoms with Crippen LogP contribution in [0.3, 0.4) is 0 Å². The zero-order valence-electron chi connectivity index (χ0n) is 16.9. The fraction of sp³-hybridized carbons (Fsp3) is 0.304. The minimum Gasteiger partial charge on any atom is -0.490 e. The van der Waals surface area contributed by atoms with E-state index in [0.717, 1.165) is 12.0 Å². The smallest absolute Gasteiger partial charge is 0.344 e. The average Bonchev–Trinajstić information content (AvgIpc) is 2.72. The molecule has 0 fully saturated rings. The van der Waals surface area contributed by atoms with Crippen molar-refractivity contribution >= 4 is 17.8 Å². The lowest BCUT2D eigenvalue weighted by Crippen LogP contribution is -2.22. The van der Waals surface area contributed by atoms with E-state index in [2.05, 4.69) is 0 Å². The van der Waals surface area contributed by atoms with Gasteiger partial charge in [0.1, 0.15) is 5.75 Å². The predicted octanol–water partition coefficient (Wildman–Crippen LogP) is 4.62. The summed E-state index contributed by atoms with van der Waals surface area (Å²) in [5, 5.41) is 8.89. The standard InChI is InChI=1S/C23H26O6/c1-4-15-28-22-18(7-6-8-21(22)27-5-2)11-14-20(24)17-9-12-19(13-10-17)29-16(3)23(25)26/h6-14,16H,4-5,15H2,1-3H3,(H,25,26)/b14-11+. The number of carboxylic acid groups (broad SMARTS) is 1. The minimum absolute atomic E-state index is 0.189. The van der Waals surface area contributed by atoms with Gasteiger partial charge in [0.05, 0.1) is 13.2 Å². The molecule has 0 bridgehead atoms. The van der Waals surface area contributed by atoms with Gasteiger partial charge in [-0.2, -0.15) is 0 Å². The summed E-state index contributed by atoms with van der Waals surface area (Å²) in [5.41, 5.74) is 1.22. The summed E-state index contributed by atoms with van der Waals surface area (Å²) in [7, 11) is 0. The second-order valence-corrected chi connectivity index (χ2v) is 6.28. The number of carbonyl (C=O) groups is 2. The van der Waals surface area contributed by atoms with Crippen LogP contribution in [0.2, 0.25) is 0 Å². The Kier molecular flexibility index (Phi) is 8.27. The van der Waals surface area contributed by atoms with Crippen molar-refractivity contribution in [1.29, 1.82) is 0 Å². The maximum Gasteiger partial charge on any atom is 0.344 e. The maximum atomic E-state index is 12.5. The summed E-state index contributed by atoms with van der Waals surface area (Å²) in [4.78, 5) is 23.4. The fourth-order valence-electron chi connectivity index (χ4n) is 2.51. The van der Waals surface area contributed by atoms with E-state index in [1.54, 1.807) is 30.3 Å². The molecule has 6 nitrogen and oxygen atoms in total. The first kappa shape index (κ1) is 22.0. The molecule has 2 aromatic carbocycles. The van der Waals surface area contributed by atoms with Crippen molar-refractivity contribution in [3.05, 3.63) is 59.7 Å². The molecule has 0 saturated carbocycles. The van der Waals surface area contributed by atoms with E-state index in [-0.39, 0.29) is 5.78 Å². The van der Waals surface area contributed by atoms with Crippen LogP contribution in [0.1, 0.15) is 43.1 Å². The molecule has 2 rings (SSSR count). The molecule has 154 valence electrons. The summed E-state index contributed by atoms with van der Waals surface area (Å²) in [6, 6.07) is 11.9. The van der Waals surface area contributed by atoms with Gasteiger partial charge in [-0.25, -0.2) is 4.79 Å². The molecule has 1 unspecified atom stereocenters. The Balaban J connectivity index is 2.15. The molecule has 0 aliphatic heterocycles. The van der Waals surface area contributed by atoms with Crippen LogP contribution in [-0.4, -0.2) is 36.2 Å². The molecule has 0 saturated heterocycles. The number of hydrogen-bond donors (Lipinski definition) is 1. The number of hydrogen-bond acceptors (Lipinski definition) is 5.